The van der Waals surface area contributed by atoms with Crippen molar-refractivity contribution >= 4 is 12.1 Å². The van der Waals surface area contributed by atoms with E-state index in [0.717, 1.165) is 5.56 Å². The van der Waals surface area contributed by atoms with Gasteiger partial charge in [-0.2, -0.15) is 0 Å². The van der Waals surface area contributed by atoms with Gasteiger partial charge in [-0.3, -0.25) is 4.79 Å². The van der Waals surface area contributed by atoms with E-state index >= 15 is 0 Å². The third-order valence-corrected chi connectivity index (χ3v) is 3.16. The number of alkyl carbamates (subject to hydrolysis) is 1. The molecule has 120 valence electrons. The normalized spacial score (nSPS) is 11.5. The average Bonchev–Trinajstić information content (AvgIpc) is 2.53. The predicted molar refractivity (Wildman–Crippen MR) is 81.2 cm³/mol. The number of benzene rings is 2. The van der Waals surface area contributed by atoms with Crippen LogP contribution in [0.15, 0.2) is 54.6 Å². The number of nitrogens with one attached hydrogen (secondary N) is 1. The lowest BCUT2D eigenvalue weighted by Crippen LogP contribution is -2.31. The van der Waals surface area contributed by atoms with Gasteiger partial charge in [0.05, 0.1) is 12.5 Å². The number of carbonyl (C=O) groups is 2. The van der Waals surface area contributed by atoms with Crippen molar-refractivity contribution in [3.8, 4) is 0 Å². The van der Waals surface area contributed by atoms with E-state index in [4.69, 9.17) is 9.84 Å². The van der Waals surface area contributed by atoms with Crippen LogP contribution in [0.2, 0.25) is 0 Å². The topological polar surface area (TPSA) is 75.6 Å². The van der Waals surface area contributed by atoms with Crippen LogP contribution in [0.5, 0.6) is 0 Å². The average molecular weight is 317 g/mol. The van der Waals surface area contributed by atoms with E-state index in [-0.39, 0.29) is 12.2 Å². The van der Waals surface area contributed by atoms with Gasteiger partial charge in [-0.25, -0.2) is 9.18 Å². The highest BCUT2D eigenvalue weighted by Gasteiger charge is 2.21. The van der Waals surface area contributed by atoms with Gasteiger partial charge in [0.15, 0.2) is 0 Å². The molecule has 2 aromatic rings. The monoisotopic (exact) mass is 317 g/mol. The molecule has 5 nitrogen and oxygen atoms in total. The number of hydrogen-bond donors (Lipinski definition) is 2. The van der Waals surface area contributed by atoms with Crippen molar-refractivity contribution in [3.63, 3.8) is 0 Å². The Labute approximate surface area is 132 Å². The van der Waals surface area contributed by atoms with Crippen molar-refractivity contribution in [2.24, 2.45) is 0 Å². The molecule has 0 heterocycles. The lowest BCUT2D eigenvalue weighted by atomic mass is 10.0. The fraction of sp³-hybridized carbons (Fsp3) is 0.176. The molecule has 0 aromatic heterocycles. The molecule has 0 spiro atoms. The van der Waals surface area contributed by atoms with Crippen LogP contribution in [0.25, 0.3) is 0 Å². The molecule has 1 atom stereocenters. The van der Waals surface area contributed by atoms with E-state index in [0.29, 0.717) is 0 Å². The SMILES string of the molecule is O=C(O)C[C@H](NC(=O)OCc1ccccc1)c1ccccc1F. The number of carbonyl (C=O) groups excluding carboxylic acids is 1. The molecular weight excluding hydrogens is 301 g/mol. The Morgan fingerprint density at radius 1 is 1.09 bits per heavy atom. The van der Waals surface area contributed by atoms with Gasteiger partial charge < -0.3 is 15.2 Å². The van der Waals surface area contributed by atoms with Gasteiger partial charge in [0.25, 0.3) is 0 Å². The molecule has 1 amide bonds. The van der Waals surface area contributed by atoms with Crippen molar-refractivity contribution in [2.45, 2.75) is 19.1 Å². The van der Waals surface area contributed by atoms with Crippen molar-refractivity contribution in [3.05, 3.63) is 71.5 Å². The molecule has 2 aromatic carbocycles. The van der Waals surface area contributed by atoms with Crippen LogP contribution in [0.4, 0.5) is 9.18 Å². The van der Waals surface area contributed by atoms with Crippen molar-refractivity contribution < 1.29 is 23.8 Å². The summed E-state index contributed by atoms with van der Waals surface area (Å²) in [5.74, 6) is -1.73. The van der Waals surface area contributed by atoms with Crippen LogP contribution >= 0.6 is 0 Å². The van der Waals surface area contributed by atoms with Gasteiger partial charge in [0.1, 0.15) is 12.4 Å². The molecule has 0 saturated carbocycles. The molecule has 0 fully saturated rings. The number of amides is 1. The highest BCUT2D eigenvalue weighted by atomic mass is 19.1. The van der Waals surface area contributed by atoms with Gasteiger partial charge in [-0.1, -0.05) is 48.5 Å². The Morgan fingerprint density at radius 3 is 2.39 bits per heavy atom. The van der Waals surface area contributed by atoms with Crippen molar-refractivity contribution in [1.29, 1.82) is 0 Å². The third-order valence-electron chi connectivity index (χ3n) is 3.16. The van der Waals surface area contributed by atoms with E-state index in [1.165, 1.54) is 18.2 Å². The first-order chi connectivity index (χ1) is 11.1. The number of ether oxygens (including phenoxy) is 1. The van der Waals surface area contributed by atoms with E-state index in [1.54, 1.807) is 18.2 Å². The van der Waals surface area contributed by atoms with Crippen LogP contribution in [0.1, 0.15) is 23.6 Å². The first-order valence-corrected chi connectivity index (χ1v) is 6.99. The summed E-state index contributed by atoms with van der Waals surface area (Å²) in [5.41, 5.74) is 0.898. The summed E-state index contributed by atoms with van der Waals surface area (Å²) in [5, 5.41) is 11.3. The standard InChI is InChI=1S/C17H16FNO4/c18-14-9-5-4-8-13(14)15(10-16(20)21)19-17(22)23-11-12-6-2-1-3-7-12/h1-9,15H,10-11H2,(H,19,22)(H,20,21)/t15-/m0/s1. The molecule has 2 N–H and O–H groups in total. The first kappa shape index (κ1) is 16.5. The Bertz CT molecular complexity index is 675. The second-order valence-corrected chi connectivity index (χ2v) is 4.88. The minimum atomic E-state index is -1.15. The largest absolute Gasteiger partial charge is 0.481 e. The molecule has 0 aliphatic heterocycles. The molecule has 0 aliphatic carbocycles. The summed E-state index contributed by atoms with van der Waals surface area (Å²) in [7, 11) is 0. The second-order valence-electron chi connectivity index (χ2n) is 4.88. The van der Waals surface area contributed by atoms with Gasteiger partial charge in [-0.15, -0.1) is 0 Å². The molecule has 0 unspecified atom stereocenters. The lowest BCUT2D eigenvalue weighted by molar-refractivity contribution is -0.137. The Kier molecular flexibility index (Phi) is 5.68. The summed E-state index contributed by atoms with van der Waals surface area (Å²) in [6.07, 6.45) is -1.25. The summed E-state index contributed by atoms with van der Waals surface area (Å²) in [6.45, 7) is 0.0454. The number of halogens is 1. The highest BCUT2D eigenvalue weighted by Crippen LogP contribution is 2.20. The van der Waals surface area contributed by atoms with E-state index in [2.05, 4.69) is 5.32 Å². The highest BCUT2D eigenvalue weighted by molar-refractivity contribution is 5.72. The predicted octanol–water partition coefficient (Wildman–Crippen LogP) is 3.27. The minimum absolute atomic E-state index is 0.0454. The van der Waals surface area contributed by atoms with Crippen molar-refractivity contribution in [1.82, 2.24) is 5.32 Å². The van der Waals surface area contributed by atoms with Gasteiger partial charge >= 0.3 is 12.1 Å². The zero-order valence-electron chi connectivity index (χ0n) is 12.2. The summed E-state index contributed by atoms with van der Waals surface area (Å²) < 4.78 is 18.8. The van der Waals surface area contributed by atoms with Gasteiger partial charge in [-0.05, 0) is 11.6 Å². The molecule has 0 saturated heterocycles. The summed E-state index contributed by atoms with van der Waals surface area (Å²) in [6, 6.07) is 13.7. The molecular formula is C17H16FNO4. The van der Waals surface area contributed by atoms with Crippen LogP contribution < -0.4 is 5.32 Å². The summed E-state index contributed by atoms with van der Waals surface area (Å²) in [4.78, 5) is 22.8. The molecule has 23 heavy (non-hydrogen) atoms. The first-order valence-electron chi connectivity index (χ1n) is 6.99. The van der Waals surface area contributed by atoms with E-state index < -0.39 is 30.3 Å². The molecule has 6 heteroatoms. The smallest absolute Gasteiger partial charge is 0.407 e. The maximum atomic E-state index is 13.8. The van der Waals surface area contributed by atoms with E-state index in [9.17, 15) is 14.0 Å². The minimum Gasteiger partial charge on any atom is -0.481 e. The maximum absolute atomic E-state index is 13.8. The quantitative estimate of drug-likeness (QED) is 0.857. The van der Waals surface area contributed by atoms with E-state index in [1.807, 2.05) is 18.2 Å². The van der Waals surface area contributed by atoms with Crippen LogP contribution in [0, 0.1) is 5.82 Å². The number of aliphatic carboxylic acids is 1. The Balaban J connectivity index is 2.01. The Morgan fingerprint density at radius 2 is 1.74 bits per heavy atom. The van der Waals surface area contributed by atoms with Crippen molar-refractivity contribution in [2.75, 3.05) is 0 Å². The van der Waals surface area contributed by atoms with Gasteiger partial charge in [0, 0.05) is 5.56 Å². The second kappa shape index (κ2) is 7.93. The zero-order valence-corrected chi connectivity index (χ0v) is 12.2. The molecule has 0 aliphatic rings. The summed E-state index contributed by atoms with van der Waals surface area (Å²) >= 11 is 0. The van der Waals surface area contributed by atoms with Gasteiger partial charge in [0.2, 0.25) is 0 Å². The molecule has 2 rings (SSSR count). The third kappa shape index (κ3) is 5.10. The van der Waals surface area contributed by atoms with Crippen LogP contribution in [-0.2, 0) is 16.1 Å². The number of carboxylic acid groups (broad SMARTS) is 1. The lowest BCUT2D eigenvalue weighted by Gasteiger charge is -2.18. The van der Waals surface area contributed by atoms with Crippen LogP contribution in [-0.4, -0.2) is 17.2 Å². The number of carboxylic acids is 1. The fourth-order valence-electron chi connectivity index (χ4n) is 2.08. The maximum Gasteiger partial charge on any atom is 0.407 e. The number of hydrogen-bond acceptors (Lipinski definition) is 3. The Hall–Kier alpha value is -2.89. The zero-order chi connectivity index (χ0) is 16.7. The molecule has 0 bridgehead atoms. The number of rotatable bonds is 6. The molecule has 0 radical (unpaired) electrons. The fourth-order valence-corrected chi connectivity index (χ4v) is 2.08. The van der Waals surface area contributed by atoms with Crippen LogP contribution in [0.3, 0.4) is 0 Å².